The number of alkyl halides is 1. The summed E-state index contributed by atoms with van der Waals surface area (Å²) in [7, 11) is -3.68. The summed E-state index contributed by atoms with van der Waals surface area (Å²) in [5.41, 5.74) is -0.0749. The number of sulfonamides is 1. The zero-order valence-corrected chi connectivity index (χ0v) is 11.9. The van der Waals surface area contributed by atoms with Crippen molar-refractivity contribution in [2.45, 2.75) is 35.0 Å². The van der Waals surface area contributed by atoms with Gasteiger partial charge in [-0.25, -0.2) is 18.1 Å². The highest BCUT2D eigenvalue weighted by molar-refractivity contribution is 9.09. The van der Waals surface area contributed by atoms with Crippen molar-refractivity contribution in [1.29, 1.82) is 5.26 Å². The summed E-state index contributed by atoms with van der Waals surface area (Å²) in [5, 5.41) is 8.88. The first kappa shape index (κ1) is 13.5. The number of hydrogen-bond donors (Lipinski definition) is 1. The first-order valence-electron chi connectivity index (χ1n) is 5.56. The van der Waals surface area contributed by atoms with Crippen LogP contribution in [0.4, 0.5) is 0 Å². The number of pyridine rings is 1. The van der Waals surface area contributed by atoms with Crippen molar-refractivity contribution < 1.29 is 8.42 Å². The van der Waals surface area contributed by atoms with E-state index >= 15 is 0 Å². The third-order valence-electron chi connectivity index (χ3n) is 2.90. The topological polar surface area (TPSA) is 82.8 Å². The van der Waals surface area contributed by atoms with E-state index in [9.17, 15) is 8.42 Å². The first-order chi connectivity index (χ1) is 8.54. The summed E-state index contributed by atoms with van der Waals surface area (Å²) in [6.07, 6.45) is 4.14. The Morgan fingerprint density at radius 2 is 2.28 bits per heavy atom. The molecule has 0 aliphatic heterocycles. The van der Waals surface area contributed by atoms with E-state index in [0.717, 1.165) is 19.3 Å². The molecule has 2 rings (SSSR count). The highest BCUT2D eigenvalue weighted by Gasteiger charge is 2.30. The van der Waals surface area contributed by atoms with E-state index in [-0.39, 0.29) is 21.5 Å². The van der Waals surface area contributed by atoms with Gasteiger partial charge >= 0.3 is 0 Å². The van der Waals surface area contributed by atoms with Crippen molar-refractivity contribution in [2.75, 3.05) is 0 Å². The highest BCUT2D eigenvalue weighted by Crippen LogP contribution is 2.27. The van der Waals surface area contributed by atoms with Crippen molar-refractivity contribution in [2.24, 2.45) is 0 Å². The Morgan fingerprint density at radius 1 is 1.50 bits per heavy atom. The molecule has 1 fully saturated rings. The SMILES string of the molecule is N#Cc1ncccc1S(=O)(=O)NC1CCCC1Br. The fraction of sp³-hybridized carbons (Fsp3) is 0.455. The minimum atomic E-state index is -3.68. The molecule has 2 unspecified atom stereocenters. The van der Waals surface area contributed by atoms with Gasteiger partial charge in [-0.05, 0) is 25.0 Å². The Bertz CT molecular complexity index is 582. The predicted molar refractivity (Wildman–Crippen MR) is 69.6 cm³/mol. The molecule has 1 heterocycles. The molecule has 1 aromatic rings. The van der Waals surface area contributed by atoms with Crippen LogP contribution in [-0.2, 0) is 10.0 Å². The van der Waals surface area contributed by atoms with Gasteiger partial charge < -0.3 is 0 Å². The number of nitrogens with zero attached hydrogens (tertiary/aromatic N) is 2. The van der Waals surface area contributed by atoms with Gasteiger partial charge in [-0.3, -0.25) is 0 Å². The summed E-state index contributed by atoms with van der Waals surface area (Å²) < 4.78 is 27.0. The van der Waals surface area contributed by atoms with Gasteiger partial charge in [0.25, 0.3) is 0 Å². The van der Waals surface area contributed by atoms with E-state index in [2.05, 4.69) is 25.6 Å². The van der Waals surface area contributed by atoms with E-state index in [4.69, 9.17) is 5.26 Å². The van der Waals surface area contributed by atoms with Crippen molar-refractivity contribution in [3.63, 3.8) is 0 Å². The number of nitriles is 1. The molecule has 18 heavy (non-hydrogen) atoms. The van der Waals surface area contributed by atoms with Gasteiger partial charge in [-0.15, -0.1) is 0 Å². The molecule has 1 aliphatic rings. The number of aromatic nitrogens is 1. The average Bonchev–Trinajstić information content (AvgIpc) is 2.74. The van der Waals surface area contributed by atoms with Gasteiger partial charge in [0.1, 0.15) is 11.0 Å². The summed E-state index contributed by atoms with van der Waals surface area (Å²) in [6, 6.07) is 4.58. The standard InChI is InChI=1S/C11H12BrN3O2S/c12-8-3-1-4-9(8)15-18(16,17)11-5-2-6-14-10(11)7-13/h2,5-6,8-9,15H,1,3-4H2. The van der Waals surface area contributed by atoms with Crippen LogP contribution in [-0.4, -0.2) is 24.3 Å². The quantitative estimate of drug-likeness (QED) is 0.853. The van der Waals surface area contributed by atoms with Crippen molar-refractivity contribution in [3.8, 4) is 6.07 Å². The van der Waals surface area contributed by atoms with Crippen LogP contribution in [0.25, 0.3) is 0 Å². The fourth-order valence-corrected chi connectivity index (χ4v) is 4.32. The van der Waals surface area contributed by atoms with E-state index in [1.54, 1.807) is 6.07 Å². The molecule has 96 valence electrons. The van der Waals surface area contributed by atoms with Crippen molar-refractivity contribution >= 4 is 26.0 Å². The molecular formula is C11H12BrN3O2S. The second-order valence-electron chi connectivity index (χ2n) is 4.14. The molecule has 1 N–H and O–H groups in total. The van der Waals surface area contributed by atoms with Gasteiger partial charge in [0, 0.05) is 17.1 Å². The molecule has 0 amide bonds. The summed E-state index contributed by atoms with van der Waals surface area (Å²) in [6.45, 7) is 0. The predicted octanol–water partition coefficient (Wildman–Crippen LogP) is 1.55. The van der Waals surface area contributed by atoms with Gasteiger partial charge in [-0.1, -0.05) is 22.4 Å². The largest absolute Gasteiger partial charge is 0.244 e. The normalized spacial score (nSPS) is 23.8. The molecule has 1 aromatic heterocycles. The third-order valence-corrected chi connectivity index (χ3v) is 5.52. The maximum Gasteiger partial charge on any atom is 0.243 e. The minimum Gasteiger partial charge on any atom is -0.244 e. The molecule has 1 aliphatic carbocycles. The molecule has 0 saturated heterocycles. The number of halogens is 1. The van der Waals surface area contributed by atoms with Gasteiger partial charge in [0.05, 0.1) is 0 Å². The molecule has 0 radical (unpaired) electrons. The molecule has 2 atom stereocenters. The third kappa shape index (κ3) is 2.71. The Morgan fingerprint density at radius 3 is 2.89 bits per heavy atom. The second kappa shape index (κ2) is 5.34. The Hall–Kier alpha value is -0.970. The molecular weight excluding hydrogens is 318 g/mol. The van der Waals surface area contributed by atoms with Crippen LogP contribution >= 0.6 is 15.9 Å². The number of nitrogens with one attached hydrogen (secondary N) is 1. The summed E-state index contributed by atoms with van der Waals surface area (Å²) in [4.78, 5) is 3.86. The zero-order valence-electron chi connectivity index (χ0n) is 9.51. The lowest BCUT2D eigenvalue weighted by Gasteiger charge is -2.16. The lowest BCUT2D eigenvalue weighted by atomic mass is 10.3. The monoisotopic (exact) mass is 329 g/mol. The van der Waals surface area contributed by atoms with Crippen molar-refractivity contribution in [3.05, 3.63) is 24.0 Å². The Balaban J connectivity index is 2.29. The molecule has 0 spiro atoms. The van der Waals surface area contributed by atoms with Crippen LogP contribution < -0.4 is 4.72 Å². The summed E-state index contributed by atoms with van der Waals surface area (Å²) >= 11 is 3.46. The summed E-state index contributed by atoms with van der Waals surface area (Å²) in [5.74, 6) is 0. The number of hydrogen-bond acceptors (Lipinski definition) is 4. The van der Waals surface area contributed by atoms with E-state index in [0.29, 0.717) is 0 Å². The number of rotatable bonds is 3. The second-order valence-corrected chi connectivity index (χ2v) is 7.00. The molecule has 0 aromatic carbocycles. The molecule has 7 heteroatoms. The zero-order chi connectivity index (χ0) is 13.2. The van der Waals surface area contributed by atoms with Crippen LogP contribution in [0.15, 0.2) is 23.2 Å². The highest BCUT2D eigenvalue weighted by atomic mass is 79.9. The average molecular weight is 330 g/mol. The van der Waals surface area contributed by atoms with E-state index in [1.807, 2.05) is 0 Å². The molecule has 1 saturated carbocycles. The van der Waals surface area contributed by atoms with Crippen LogP contribution in [0.3, 0.4) is 0 Å². The van der Waals surface area contributed by atoms with Crippen LogP contribution in [0, 0.1) is 11.3 Å². The van der Waals surface area contributed by atoms with Crippen LogP contribution in [0.1, 0.15) is 25.0 Å². The first-order valence-corrected chi connectivity index (χ1v) is 7.96. The molecule has 5 nitrogen and oxygen atoms in total. The van der Waals surface area contributed by atoms with E-state index < -0.39 is 10.0 Å². The minimum absolute atomic E-state index is 0.0564. The Labute approximate surface area is 114 Å². The lowest BCUT2D eigenvalue weighted by Crippen LogP contribution is -2.38. The maximum atomic E-state index is 12.2. The van der Waals surface area contributed by atoms with Gasteiger partial charge in [0.15, 0.2) is 5.69 Å². The lowest BCUT2D eigenvalue weighted by molar-refractivity contribution is 0.555. The smallest absolute Gasteiger partial charge is 0.243 e. The maximum absolute atomic E-state index is 12.2. The van der Waals surface area contributed by atoms with Gasteiger partial charge in [-0.2, -0.15) is 5.26 Å². The van der Waals surface area contributed by atoms with Crippen molar-refractivity contribution in [1.82, 2.24) is 9.71 Å². The van der Waals surface area contributed by atoms with Crippen LogP contribution in [0.2, 0.25) is 0 Å². The molecule has 0 bridgehead atoms. The van der Waals surface area contributed by atoms with Gasteiger partial charge in [0.2, 0.25) is 10.0 Å². The van der Waals surface area contributed by atoms with Crippen LogP contribution in [0.5, 0.6) is 0 Å². The van der Waals surface area contributed by atoms with E-state index in [1.165, 1.54) is 18.3 Å². The Kier molecular flexibility index (Phi) is 4.00. The fourth-order valence-electron chi connectivity index (χ4n) is 2.00.